The molecule has 1 saturated heterocycles. The minimum absolute atomic E-state index is 0.0748. The number of likely N-dealkylation sites (N-methyl/N-ethyl adjacent to an activating group) is 1. The van der Waals surface area contributed by atoms with Crippen LogP contribution in [0.15, 0.2) is 22.7 Å². The second-order valence-corrected chi connectivity index (χ2v) is 6.61. The molecule has 1 aliphatic heterocycles. The molecule has 118 valence electrons. The normalized spacial score (nSPS) is 19.1. The lowest BCUT2D eigenvalue weighted by Gasteiger charge is -2.40. The molecule has 1 fully saturated rings. The second-order valence-electron chi connectivity index (χ2n) is 5.76. The Bertz CT molecular complexity index is 461. The third-order valence-electron chi connectivity index (χ3n) is 4.62. The molecule has 2 rings (SSSR count). The molecule has 1 atom stereocenters. The lowest BCUT2D eigenvalue weighted by Crippen LogP contribution is -2.45. The summed E-state index contributed by atoms with van der Waals surface area (Å²) < 4.78 is 14.3. The quantitative estimate of drug-likeness (QED) is 0.878. The molecule has 0 saturated carbocycles. The molecule has 1 heterocycles. The number of halogens is 2. The van der Waals surface area contributed by atoms with E-state index >= 15 is 0 Å². The van der Waals surface area contributed by atoms with E-state index in [4.69, 9.17) is 5.73 Å². The molecular formula is C16H25BrFN3. The zero-order chi connectivity index (χ0) is 15.4. The number of hydrogen-bond acceptors (Lipinski definition) is 3. The van der Waals surface area contributed by atoms with Crippen LogP contribution in [-0.4, -0.2) is 49.1 Å². The van der Waals surface area contributed by atoms with E-state index in [0.29, 0.717) is 17.1 Å². The van der Waals surface area contributed by atoms with E-state index in [1.54, 1.807) is 12.1 Å². The standard InChI is InChI=1S/C16H25BrFN3/c1-3-21-8-6-13(7-9-21)20(2)16(11-19)12-4-5-14(17)15(18)10-12/h4-5,10,13,16H,3,6-9,11,19H2,1-2H3. The van der Waals surface area contributed by atoms with Crippen LogP contribution < -0.4 is 5.73 Å². The highest BCUT2D eigenvalue weighted by Crippen LogP contribution is 2.27. The predicted octanol–water partition coefficient (Wildman–Crippen LogP) is 3.00. The first-order valence-corrected chi connectivity index (χ1v) is 8.45. The highest BCUT2D eigenvalue weighted by atomic mass is 79.9. The highest BCUT2D eigenvalue weighted by Gasteiger charge is 2.27. The van der Waals surface area contributed by atoms with Crippen LogP contribution in [0.4, 0.5) is 4.39 Å². The summed E-state index contributed by atoms with van der Waals surface area (Å²) in [6, 6.07) is 5.92. The van der Waals surface area contributed by atoms with E-state index in [2.05, 4.69) is 39.7 Å². The van der Waals surface area contributed by atoms with Crippen LogP contribution in [0.5, 0.6) is 0 Å². The molecule has 0 amide bonds. The fourth-order valence-electron chi connectivity index (χ4n) is 3.15. The van der Waals surface area contributed by atoms with Gasteiger partial charge in [0, 0.05) is 18.6 Å². The highest BCUT2D eigenvalue weighted by molar-refractivity contribution is 9.10. The summed E-state index contributed by atoms with van der Waals surface area (Å²) in [5, 5.41) is 0. The Morgan fingerprint density at radius 2 is 2.10 bits per heavy atom. The first kappa shape index (κ1) is 16.9. The van der Waals surface area contributed by atoms with Gasteiger partial charge in [0.1, 0.15) is 5.82 Å². The Kier molecular flexibility index (Phi) is 6.17. The van der Waals surface area contributed by atoms with Gasteiger partial charge in [0.05, 0.1) is 4.47 Å². The van der Waals surface area contributed by atoms with Crippen molar-refractivity contribution in [2.75, 3.05) is 33.2 Å². The van der Waals surface area contributed by atoms with Crippen LogP contribution >= 0.6 is 15.9 Å². The number of piperidine rings is 1. The van der Waals surface area contributed by atoms with Gasteiger partial charge in [-0.3, -0.25) is 4.90 Å². The number of nitrogens with two attached hydrogens (primary N) is 1. The van der Waals surface area contributed by atoms with E-state index in [1.165, 1.54) is 0 Å². The predicted molar refractivity (Wildman–Crippen MR) is 88.8 cm³/mol. The minimum atomic E-state index is -0.222. The molecule has 2 N–H and O–H groups in total. The Hall–Kier alpha value is -0.490. The summed E-state index contributed by atoms with van der Waals surface area (Å²) in [4.78, 5) is 4.80. The zero-order valence-corrected chi connectivity index (χ0v) is 14.4. The summed E-state index contributed by atoms with van der Waals surface area (Å²) in [6.07, 6.45) is 2.31. The largest absolute Gasteiger partial charge is 0.329 e. The number of hydrogen-bond donors (Lipinski definition) is 1. The maximum atomic E-state index is 13.8. The van der Waals surface area contributed by atoms with Gasteiger partial charge in [0.15, 0.2) is 0 Å². The van der Waals surface area contributed by atoms with Gasteiger partial charge in [-0.05, 0) is 73.1 Å². The molecule has 0 bridgehead atoms. The fourth-order valence-corrected chi connectivity index (χ4v) is 3.40. The molecular weight excluding hydrogens is 333 g/mol. The van der Waals surface area contributed by atoms with Gasteiger partial charge in [-0.2, -0.15) is 0 Å². The average molecular weight is 358 g/mol. The van der Waals surface area contributed by atoms with Crippen molar-refractivity contribution in [3.05, 3.63) is 34.1 Å². The first-order chi connectivity index (χ1) is 10.1. The molecule has 0 spiro atoms. The van der Waals surface area contributed by atoms with Gasteiger partial charge in [-0.1, -0.05) is 13.0 Å². The van der Waals surface area contributed by atoms with E-state index in [1.807, 2.05) is 6.07 Å². The Balaban J connectivity index is 2.08. The number of rotatable bonds is 5. The first-order valence-electron chi connectivity index (χ1n) is 7.66. The molecule has 0 aromatic heterocycles. The third kappa shape index (κ3) is 4.03. The molecule has 1 unspecified atom stereocenters. The summed E-state index contributed by atoms with van der Waals surface area (Å²) >= 11 is 3.20. The van der Waals surface area contributed by atoms with Gasteiger partial charge in [-0.25, -0.2) is 4.39 Å². The van der Waals surface area contributed by atoms with Crippen molar-refractivity contribution >= 4 is 15.9 Å². The van der Waals surface area contributed by atoms with Crippen molar-refractivity contribution in [3.8, 4) is 0 Å². The van der Waals surface area contributed by atoms with Crippen LogP contribution in [0, 0.1) is 5.82 Å². The van der Waals surface area contributed by atoms with Crippen molar-refractivity contribution < 1.29 is 4.39 Å². The van der Waals surface area contributed by atoms with Crippen LogP contribution in [0.25, 0.3) is 0 Å². The molecule has 3 nitrogen and oxygen atoms in total. The molecule has 0 radical (unpaired) electrons. The molecule has 1 aromatic rings. The summed E-state index contributed by atoms with van der Waals surface area (Å²) in [5.74, 6) is -0.222. The Morgan fingerprint density at radius 1 is 1.43 bits per heavy atom. The number of likely N-dealkylation sites (tertiary alicyclic amines) is 1. The lowest BCUT2D eigenvalue weighted by atomic mass is 9.98. The van der Waals surface area contributed by atoms with Gasteiger partial charge in [0.25, 0.3) is 0 Å². The average Bonchev–Trinajstić information content (AvgIpc) is 2.51. The van der Waals surface area contributed by atoms with E-state index in [-0.39, 0.29) is 11.9 Å². The SMILES string of the molecule is CCN1CCC(N(C)C(CN)c2ccc(Br)c(F)c2)CC1. The van der Waals surface area contributed by atoms with Crippen LogP contribution in [0.2, 0.25) is 0 Å². The lowest BCUT2D eigenvalue weighted by molar-refractivity contribution is 0.101. The van der Waals surface area contributed by atoms with Gasteiger partial charge in [0.2, 0.25) is 0 Å². The maximum Gasteiger partial charge on any atom is 0.137 e. The molecule has 1 aromatic carbocycles. The van der Waals surface area contributed by atoms with E-state index in [0.717, 1.165) is 38.0 Å². The topological polar surface area (TPSA) is 32.5 Å². The van der Waals surface area contributed by atoms with Gasteiger partial charge >= 0.3 is 0 Å². The Labute approximate surface area is 135 Å². The van der Waals surface area contributed by atoms with Crippen molar-refractivity contribution in [2.45, 2.75) is 31.8 Å². The summed E-state index contributed by atoms with van der Waals surface area (Å²) in [5.41, 5.74) is 6.92. The summed E-state index contributed by atoms with van der Waals surface area (Å²) in [6.45, 7) is 6.10. The van der Waals surface area contributed by atoms with E-state index in [9.17, 15) is 4.39 Å². The molecule has 21 heavy (non-hydrogen) atoms. The maximum absolute atomic E-state index is 13.8. The van der Waals surface area contributed by atoms with Crippen molar-refractivity contribution in [1.29, 1.82) is 0 Å². The van der Waals surface area contributed by atoms with Crippen molar-refractivity contribution in [3.63, 3.8) is 0 Å². The van der Waals surface area contributed by atoms with Crippen molar-refractivity contribution in [1.82, 2.24) is 9.80 Å². The Morgan fingerprint density at radius 3 is 2.62 bits per heavy atom. The van der Waals surface area contributed by atoms with Crippen LogP contribution in [0.1, 0.15) is 31.4 Å². The molecule has 0 aliphatic carbocycles. The second kappa shape index (κ2) is 7.68. The third-order valence-corrected chi connectivity index (χ3v) is 5.27. The zero-order valence-electron chi connectivity index (χ0n) is 12.9. The minimum Gasteiger partial charge on any atom is -0.329 e. The van der Waals surface area contributed by atoms with Gasteiger partial charge in [-0.15, -0.1) is 0 Å². The smallest absolute Gasteiger partial charge is 0.137 e. The van der Waals surface area contributed by atoms with Gasteiger partial charge < -0.3 is 10.6 Å². The van der Waals surface area contributed by atoms with Crippen LogP contribution in [0.3, 0.4) is 0 Å². The van der Waals surface area contributed by atoms with Crippen molar-refractivity contribution in [2.24, 2.45) is 5.73 Å². The monoisotopic (exact) mass is 357 g/mol. The number of benzene rings is 1. The number of nitrogens with zero attached hydrogens (tertiary/aromatic N) is 2. The van der Waals surface area contributed by atoms with Crippen LogP contribution in [-0.2, 0) is 0 Å². The fraction of sp³-hybridized carbons (Fsp3) is 0.625. The summed E-state index contributed by atoms with van der Waals surface area (Å²) in [7, 11) is 2.11. The molecule has 1 aliphatic rings. The van der Waals surface area contributed by atoms with E-state index < -0.39 is 0 Å². The molecule has 5 heteroatoms.